The summed E-state index contributed by atoms with van der Waals surface area (Å²) in [4.78, 5) is 10.5. The Hall–Kier alpha value is -1.26. The Balaban J connectivity index is 3.57. The number of esters is 1. The monoisotopic (exact) mass is 143 g/mol. The van der Waals surface area contributed by atoms with Crippen LogP contribution < -0.4 is 0 Å². The zero-order chi connectivity index (χ0) is 7.98. The molecule has 0 saturated carbocycles. The second-order valence-corrected chi connectivity index (χ2v) is 1.54. The molecule has 0 fully saturated rings. The van der Waals surface area contributed by atoms with E-state index in [9.17, 15) is 4.79 Å². The van der Waals surface area contributed by atoms with E-state index in [0.29, 0.717) is 6.61 Å². The number of amidine groups is 1. The molecule has 0 radical (unpaired) electrons. The Kier molecular flexibility index (Phi) is 4.02. The van der Waals surface area contributed by atoms with Crippen molar-refractivity contribution in [3.05, 3.63) is 0 Å². The van der Waals surface area contributed by atoms with E-state index in [1.807, 2.05) is 0 Å². The minimum atomic E-state index is -0.511. The normalized spacial score (nSPS) is 8.50. The number of hydrogen-bond acceptors (Lipinski definition) is 4. The van der Waals surface area contributed by atoms with E-state index in [-0.39, 0.29) is 12.3 Å². The van der Waals surface area contributed by atoms with Gasteiger partial charge in [-0.15, -0.1) is 5.11 Å². The van der Waals surface area contributed by atoms with Crippen LogP contribution in [0.1, 0.15) is 13.3 Å². The summed E-state index contributed by atoms with van der Waals surface area (Å²) in [5.41, 5.74) is 6.33. The van der Waals surface area contributed by atoms with E-state index in [1.54, 1.807) is 6.92 Å². The van der Waals surface area contributed by atoms with Crippen LogP contribution >= 0.6 is 0 Å². The van der Waals surface area contributed by atoms with Crippen LogP contribution in [0.15, 0.2) is 5.11 Å². The molecule has 0 amide bonds. The Bertz CT molecular complexity index is 155. The van der Waals surface area contributed by atoms with Crippen molar-refractivity contribution in [2.45, 2.75) is 13.3 Å². The quantitative estimate of drug-likeness (QED) is 0.266. The van der Waals surface area contributed by atoms with Gasteiger partial charge in [0, 0.05) is 0 Å². The Morgan fingerprint density at radius 1 is 1.70 bits per heavy atom. The lowest BCUT2D eigenvalue weighted by atomic mass is 10.4. The summed E-state index contributed by atoms with van der Waals surface area (Å²) < 4.78 is 4.49. The standard InChI is InChI=1S/C5H9N3O2/c1-2-10-5(9)3-4(6)8-7/h6-7H,2-3H2,1H3. The smallest absolute Gasteiger partial charge is 0.313 e. The maximum absolute atomic E-state index is 10.5. The van der Waals surface area contributed by atoms with Gasteiger partial charge in [-0.25, -0.2) is 5.53 Å². The summed E-state index contributed by atoms with van der Waals surface area (Å²) in [6.07, 6.45) is -0.211. The lowest BCUT2D eigenvalue weighted by Crippen LogP contribution is -2.08. The Morgan fingerprint density at radius 2 is 2.30 bits per heavy atom. The molecule has 5 heteroatoms. The van der Waals surface area contributed by atoms with E-state index in [1.165, 1.54) is 0 Å². The number of nitrogens with one attached hydrogen (secondary N) is 2. The fraction of sp³-hybridized carbons (Fsp3) is 0.600. The highest BCUT2D eigenvalue weighted by Gasteiger charge is 2.04. The molecule has 2 N–H and O–H groups in total. The second kappa shape index (κ2) is 4.60. The van der Waals surface area contributed by atoms with Crippen LogP contribution in [0.5, 0.6) is 0 Å². The maximum Gasteiger partial charge on any atom is 0.313 e. The van der Waals surface area contributed by atoms with Gasteiger partial charge in [-0.1, -0.05) is 0 Å². The highest BCUT2D eigenvalue weighted by molar-refractivity contribution is 5.95. The van der Waals surface area contributed by atoms with Gasteiger partial charge in [-0.05, 0) is 6.92 Å². The van der Waals surface area contributed by atoms with Crippen LogP contribution in [0.2, 0.25) is 0 Å². The molecule has 0 bridgehead atoms. The molecule has 56 valence electrons. The number of rotatable bonds is 3. The molecular formula is C5H9N3O2. The van der Waals surface area contributed by atoms with E-state index in [4.69, 9.17) is 10.9 Å². The molecule has 0 rings (SSSR count). The highest BCUT2D eigenvalue weighted by Crippen LogP contribution is 1.88. The minimum absolute atomic E-state index is 0.211. The van der Waals surface area contributed by atoms with Crippen molar-refractivity contribution in [1.29, 1.82) is 10.9 Å². The first-order valence-electron chi connectivity index (χ1n) is 2.81. The third-order valence-electron chi connectivity index (χ3n) is 0.752. The fourth-order valence-corrected chi connectivity index (χ4v) is 0.388. The van der Waals surface area contributed by atoms with Crippen LogP contribution in [-0.2, 0) is 9.53 Å². The van der Waals surface area contributed by atoms with Gasteiger partial charge in [0.1, 0.15) is 6.42 Å². The SMILES string of the molecule is CCOC(=O)CC(=N)N=N. The largest absolute Gasteiger partial charge is 0.466 e. The van der Waals surface area contributed by atoms with E-state index in [2.05, 4.69) is 9.85 Å². The number of carbonyl (C=O) groups excluding carboxylic acids is 1. The molecule has 0 saturated heterocycles. The van der Waals surface area contributed by atoms with Gasteiger partial charge >= 0.3 is 5.97 Å². The van der Waals surface area contributed by atoms with Gasteiger partial charge < -0.3 is 4.74 Å². The molecule has 0 aliphatic rings. The van der Waals surface area contributed by atoms with Crippen molar-refractivity contribution in [2.75, 3.05) is 6.61 Å². The van der Waals surface area contributed by atoms with Crippen LogP contribution in [-0.4, -0.2) is 18.4 Å². The van der Waals surface area contributed by atoms with Crippen molar-refractivity contribution in [3.63, 3.8) is 0 Å². The molecule has 0 aliphatic heterocycles. The van der Waals surface area contributed by atoms with Crippen molar-refractivity contribution in [1.82, 2.24) is 0 Å². The van der Waals surface area contributed by atoms with Gasteiger partial charge in [-0.3, -0.25) is 10.2 Å². The summed E-state index contributed by atoms with van der Waals surface area (Å²) >= 11 is 0. The van der Waals surface area contributed by atoms with E-state index < -0.39 is 5.97 Å². The van der Waals surface area contributed by atoms with Crippen LogP contribution in [0.4, 0.5) is 0 Å². The number of carbonyl (C=O) groups is 1. The minimum Gasteiger partial charge on any atom is -0.466 e. The summed E-state index contributed by atoms with van der Waals surface area (Å²) in [6, 6.07) is 0. The third-order valence-corrected chi connectivity index (χ3v) is 0.752. The van der Waals surface area contributed by atoms with Crippen LogP contribution in [0.3, 0.4) is 0 Å². The predicted octanol–water partition coefficient (Wildman–Crippen LogP) is 0.948. The van der Waals surface area contributed by atoms with Crippen molar-refractivity contribution >= 4 is 11.8 Å². The summed E-state index contributed by atoms with van der Waals surface area (Å²) in [6.45, 7) is 1.98. The molecule has 10 heavy (non-hydrogen) atoms. The lowest BCUT2D eigenvalue weighted by molar-refractivity contribution is -0.141. The van der Waals surface area contributed by atoms with Crippen molar-refractivity contribution in [3.8, 4) is 0 Å². The number of nitrogens with zero attached hydrogens (tertiary/aromatic N) is 1. The average Bonchev–Trinajstić information content (AvgIpc) is 1.88. The summed E-state index contributed by atoms with van der Waals surface area (Å²) in [5.74, 6) is -0.790. The van der Waals surface area contributed by atoms with E-state index in [0.717, 1.165) is 0 Å². The summed E-state index contributed by atoms with van der Waals surface area (Å²) in [7, 11) is 0. The number of ether oxygens (including phenoxy) is 1. The number of hydrogen-bond donors (Lipinski definition) is 2. The molecule has 0 aromatic heterocycles. The molecule has 0 spiro atoms. The Morgan fingerprint density at radius 3 is 2.70 bits per heavy atom. The first kappa shape index (κ1) is 8.74. The molecule has 0 aliphatic carbocycles. The summed E-state index contributed by atoms with van der Waals surface area (Å²) in [5, 5.41) is 9.53. The topological polar surface area (TPSA) is 86.4 Å². The second-order valence-electron chi connectivity index (χ2n) is 1.54. The highest BCUT2D eigenvalue weighted by atomic mass is 16.5. The van der Waals surface area contributed by atoms with Crippen molar-refractivity contribution < 1.29 is 9.53 Å². The maximum atomic E-state index is 10.5. The molecule has 0 atom stereocenters. The zero-order valence-corrected chi connectivity index (χ0v) is 5.68. The molecular weight excluding hydrogens is 134 g/mol. The predicted molar refractivity (Wildman–Crippen MR) is 34.1 cm³/mol. The lowest BCUT2D eigenvalue weighted by Gasteiger charge is -1.97. The molecule has 5 nitrogen and oxygen atoms in total. The third kappa shape index (κ3) is 3.71. The fourth-order valence-electron chi connectivity index (χ4n) is 0.388. The Labute approximate surface area is 58.4 Å². The first-order chi connectivity index (χ1) is 4.70. The van der Waals surface area contributed by atoms with Gasteiger partial charge in [0.25, 0.3) is 0 Å². The van der Waals surface area contributed by atoms with Gasteiger partial charge in [0.15, 0.2) is 5.84 Å². The average molecular weight is 143 g/mol. The first-order valence-corrected chi connectivity index (χ1v) is 2.81. The molecule has 0 unspecified atom stereocenters. The van der Waals surface area contributed by atoms with Crippen LogP contribution in [0.25, 0.3) is 0 Å². The molecule has 0 aromatic carbocycles. The van der Waals surface area contributed by atoms with Gasteiger partial charge in [-0.2, -0.15) is 0 Å². The van der Waals surface area contributed by atoms with Crippen LogP contribution in [0, 0.1) is 10.9 Å². The van der Waals surface area contributed by atoms with Gasteiger partial charge in [0.2, 0.25) is 0 Å². The van der Waals surface area contributed by atoms with Crippen molar-refractivity contribution in [2.24, 2.45) is 5.11 Å². The molecule has 0 heterocycles. The zero-order valence-electron chi connectivity index (χ0n) is 5.68. The van der Waals surface area contributed by atoms with E-state index >= 15 is 0 Å². The van der Waals surface area contributed by atoms with Gasteiger partial charge in [0.05, 0.1) is 6.61 Å². The molecule has 0 aromatic rings.